The molecule has 1 unspecified atom stereocenters. The Kier molecular flexibility index (Phi) is 8.95. The van der Waals surface area contributed by atoms with Crippen LogP contribution in [0.5, 0.6) is 0 Å². The van der Waals surface area contributed by atoms with Gasteiger partial charge in [0, 0.05) is 12.4 Å². The Balaban J connectivity index is 1.57. The van der Waals surface area contributed by atoms with E-state index >= 15 is 0 Å². The van der Waals surface area contributed by atoms with E-state index in [0.717, 1.165) is 12.5 Å². The monoisotopic (exact) mass is 624 g/mol. The van der Waals surface area contributed by atoms with Gasteiger partial charge in [0.2, 0.25) is 0 Å². The zero-order chi connectivity index (χ0) is 32.5. The van der Waals surface area contributed by atoms with Gasteiger partial charge in [-0.3, -0.25) is 24.5 Å². The van der Waals surface area contributed by atoms with Crippen LogP contribution in [-0.4, -0.2) is 37.5 Å². The lowest BCUT2D eigenvalue weighted by Gasteiger charge is -2.32. The van der Waals surface area contributed by atoms with Crippen LogP contribution in [0.1, 0.15) is 97.4 Å². The molecular formula is C33H36F4N6O2. The first-order chi connectivity index (χ1) is 21.4. The second-order valence-corrected chi connectivity index (χ2v) is 12.0. The van der Waals surface area contributed by atoms with Crippen LogP contribution in [0.3, 0.4) is 0 Å². The van der Waals surface area contributed by atoms with Gasteiger partial charge in [0.15, 0.2) is 11.5 Å². The van der Waals surface area contributed by atoms with Crippen molar-refractivity contribution in [1.82, 2.24) is 19.8 Å². The van der Waals surface area contributed by atoms with Gasteiger partial charge in [0.05, 0.1) is 41.6 Å². The van der Waals surface area contributed by atoms with Crippen LogP contribution < -0.4 is 5.73 Å². The Morgan fingerprint density at radius 2 is 1.67 bits per heavy atom. The molecule has 2 atom stereocenters. The molecule has 12 heteroatoms. The number of rotatable bonds is 10. The summed E-state index contributed by atoms with van der Waals surface area (Å²) in [6, 6.07) is 8.17. The molecule has 5 rings (SSSR count). The third-order valence-corrected chi connectivity index (χ3v) is 8.47. The van der Waals surface area contributed by atoms with Crippen molar-refractivity contribution in [2.45, 2.75) is 83.7 Å². The van der Waals surface area contributed by atoms with Gasteiger partial charge < -0.3 is 10.6 Å². The maximum absolute atomic E-state index is 14.5. The lowest BCUT2D eigenvalue weighted by molar-refractivity contribution is -0.138. The number of hydrogen-bond acceptors (Lipinski definition) is 6. The smallest absolute Gasteiger partial charge is 0.369 e. The predicted octanol–water partition coefficient (Wildman–Crippen LogP) is 6.51. The first-order valence-electron chi connectivity index (χ1n) is 15.1. The minimum Gasteiger partial charge on any atom is -0.369 e. The number of halogens is 4. The van der Waals surface area contributed by atoms with Gasteiger partial charge in [-0.2, -0.15) is 13.2 Å². The molecule has 0 bridgehead atoms. The molecule has 2 aliphatic heterocycles. The van der Waals surface area contributed by atoms with Crippen molar-refractivity contribution < 1.29 is 27.2 Å². The van der Waals surface area contributed by atoms with E-state index in [1.54, 1.807) is 0 Å². The zero-order valence-electron chi connectivity index (χ0n) is 25.4. The van der Waals surface area contributed by atoms with Gasteiger partial charge in [-0.15, -0.1) is 0 Å². The van der Waals surface area contributed by atoms with Crippen molar-refractivity contribution in [3.8, 4) is 0 Å². The number of nitrogens with two attached hydrogens (primary N) is 1. The molecule has 1 aromatic heterocycles. The lowest BCUT2D eigenvalue weighted by Crippen LogP contribution is -2.45. The summed E-state index contributed by atoms with van der Waals surface area (Å²) in [5.41, 5.74) is 5.34. The van der Waals surface area contributed by atoms with E-state index < -0.39 is 46.5 Å². The predicted molar refractivity (Wildman–Crippen MR) is 160 cm³/mol. The van der Waals surface area contributed by atoms with Crippen LogP contribution in [-0.2, 0) is 29.6 Å². The number of guanidine groups is 1. The minimum atomic E-state index is -4.80. The van der Waals surface area contributed by atoms with Crippen molar-refractivity contribution in [2.75, 3.05) is 0 Å². The van der Waals surface area contributed by atoms with Crippen LogP contribution in [0.15, 0.2) is 59.9 Å². The van der Waals surface area contributed by atoms with Gasteiger partial charge in [0.1, 0.15) is 5.82 Å². The van der Waals surface area contributed by atoms with Gasteiger partial charge in [0.25, 0.3) is 11.8 Å². The first-order valence-corrected chi connectivity index (χ1v) is 15.1. The van der Waals surface area contributed by atoms with Crippen molar-refractivity contribution in [2.24, 2.45) is 16.6 Å². The van der Waals surface area contributed by atoms with Gasteiger partial charge in [-0.1, -0.05) is 51.8 Å². The molecule has 0 aliphatic carbocycles. The van der Waals surface area contributed by atoms with Crippen LogP contribution in [0.25, 0.3) is 0 Å². The van der Waals surface area contributed by atoms with Gasteiger partial charge in [-0.25, -0.2) is 9.38 Å². The van der Waals surface area contributed by atoms with Crippen LogP contribution >= 0.6 is 0 Å². The molecule has 0 radical (unpaired) electrons. The van der Waals surface area contributed by atoms with Gasteiger partial charge in [-0.05, 0) is 60.6 Å². The highest BCUT2D eigenvalue weighted by Gasteiger charge is 2.51. The highest BCUT2D eigenvalue weighted by Crippen LogP contribution is 2.43. The van der Waals surface area contributed by atoms with E-state index in [0.29, 0.717) is 48.2 Å². The Morgan fingerprint density at radius 1 is 1.02 bits per heavy atom. The fourth-order valence-corrected chi connectivity index (χ4v) is 6.05. The Bertz CT molecular complexity index is 1580. The molecule has 2 amide bonds. The highest BCUT2D eigenvalue weighted by atomic mass is 19.4. The molecule has 0 fully saturated rings. The highest BCUT2D eigenvalue weighted by molar-refractivity contribution is 6.07. The number of fused-ring (bicyclic) bond motifs is 1. The lowest BCUT2D eigenvalue weighted by atomic mass is 9.83. The fraction of sp³-hybridized carbons (Fsp3) is 0.424. The molecule has 3 heterocycles. The number of unbranched alkanes of at least 4 members (excludes halogenated alkanes) is 1. The first kappa shape index (κ1) is 32.1. The molecule has 3 aromatic rings. The Labute approximate surface area is 259 Å². The summed E-state index contributed by atoms with van der Waals surface area (Å²) in [7, 11) is 0. The summed E-state index contributed by atoms with van der Waals surface area (Å²) in [5.74, 6) is -1.57. The largest absolute Gasteiger partial charge is 0.417 e. The number of carbonyl (C=O) groups is 2. The number of aromatic nitrogens is 2. The summed E-state index contributed by atoms with van der Waals surface area (Å²) >= 11 is 0. The van der Waals surface area contributed by atoms with Crippen LogP contribution in [0.4, 0.5) is 17.6 Å². The normalized spacial score (nSPS) is 18.8. The topological polar surface area (TPSA) is 105 Å². The molecule has 0 spiro atoms. The van der Waals surface area contributed by atoms with E-state index in [2.05, 4.69) is 15.0 Å². The second-order valence-electron chi connectivity index (χ2n) is 12.0. The average molecular weight is 625 g/mol. The average Bonchev–Trinajstić information content (AvgIpc) is 3.55. The fourth-order valence-electron chi connectivity index (χ4n) is 6.05. The molecule has 238 valence electrons. The maximum Gasteiger partial charge on any atom is 0.417 e. The summed E-state index contributed by atoms with van der Waals surface area (Å²) in [4.78, 5) is 43.9. The van der Waals surface area contributed by atoms with E-state index in [4.69, 9.17) is 5.73 Å². The number of aliphatic imine (C=N–C) groups is 1. The molecule has 2 N–H and O–H groups in total. The van der Waals surface area contributed by atoms with Crippen molar-refractivity contribution in [1.29, 1.82) is 0 Å². The van der Waals surface area contributed by atoms with Crippen molar-refractivity contribution in [3.05, 3.63) is 94.3 Å². The van der Waals surface area contributed by atoms with E-state index in [1.807, 2.05) is 20.8 Å². The second kappa shape index (κ2) is 12.6. The summed E-state index contributed by atoms with van der Waals surface area (Å²) in [6.45, 7) is 6.05. The number of benzene rings is 2. The zero-order valence-corrected chi connectivity index (χ0v) is 25.4. The number of carbonyl (C=O) groups excluding carboxylic acids is 2. The van der Waals surface area contributed by atoms with Crippen molar-refractivity contribution in [3.63, 3.8) is 0 Å². The molecular weight excluding hydrogens is 588 g/mol. The number of amides is 2. The molecule has 2 aromatic carbocycles. The van der Waals surface area contributed by atoms with Gasteiger partial charge >= 0.3 is 6.18 Å². The number of nitrogens with zero attached hydrogens (tertiary/aromatic N) is 5. The Hall–Kier alpha value is -4.35. The van der Waals surface area contributed by atoms with Crippen LogP contribution in [0, 0.1) is 11.7 Å². The SMILES string of the molecule is CCCCC(c1ccc(C(F)(F)F)c(C(=O)N2Cc3nccnc3C2)c1)N1C(=O)[C@@](CCC(C)C)(c2ccc(F)cc2)N=C1N. The van der Waals surface area contributed by atoms with E-state index in [-0.39, 0.29) is 25.0 Å². The molecule has 0 saturated carbocycles. The third kappa shape index (κ3) is 6.27. The molecule has 2 aliphatic rings. The quantitative estimate of drug-likeness (QED) is 0.259. The number of alkyl halides is 3. The number of hydrogen-bond donors (Lipinski definition) is 1. The molecule has 8 nitrogen and oxygen atoms in total. The Morgan fingerprint density at radius 3 is 2.24 bits per heavy atom. The van der Waals surface area contributed by atoms with Crippen molar-refractivity contribution >= 4 is 17.8 Å². The summed E-state index contributed by atoms with van der Waals surface area (Å²) in [6.07, 6.45) is 0.798. The summed E-state index contributed by atoms with van der Waals surface area (Å²) < 4.78 is 56.7. The minimum absolute atomic E-state index is 0.0308. The maximum atomic E-state index is 14.5. The third-order valence-electron chi connectivity index (χ3n) is 8.47. The van der Waals surface area contributed by atoms with E-state index in [1.165, 1.54) is 58.6 Å². The molecule has 45 heavy (non-hydrogen) atoms. The standard InChI is InChI=1S/C33H36F4N6O2/c1-4-5-6-28(43-30(45)32(41-31(43)38,14-13-20(2)3)22-8-10-23(34)11-9-22)21-7-12-25(33(35,36)37)24(17-21)29(44)42-18-26-27(19-42)40-16-15-39-26/h7-12,15-17,20,28H,4-6,13-14,18-19H2,1-3H3,(H2,38,41)/t28?,32-/m1/s1. The van der Waals surface area contributed by atoms with E-state index in [9.17, 15) is 27.2 Å². The molecule has 0 saturated heterocycles. The summed E-state index contributed by atoms with van der Waals surface area (Å²) in [5, 5.41) is 0. The van der Waals surface area contributed by atoms with Crippen LogP contribution in [0.2, 0.25) is 0 Å².